The Bertz CT molecular complexity index is 353. The van der Waals surface area contributed by atoms with Gasteiger partial charge in [-0.2, -0.15) is 0 Å². The third-order valence-electron chi connectivity index (χ3n) is 3.63. The summed E-state index contributed by atoms with van der Waals surface area (Å²) >= 11 is 0. The highest BCUT2D eigenvalue weighted by Gasteiger charge is 2.25. The van der Waals surface area contributed by atoms with E-state index in [1.165, 1.54) is 12.8 Å². The Kier molecular flexibility index (Phi) is 3.64. The van der Waals surface area contributed by atoms with E-state index in [1.807, 2.05) is 13.1 Å². The Morgan fingerprint density at radius 1 is 1.41 bits per heavy atom. The van der Waals surface area contributed by atoms with Crippen molar-refractivity contribution >= 4 is 5.82 Å². The molecule has 1 atom stereocenters. The third kappa shape index (κ3) is 2.42. The minimum atomic E-state index is -0.434. The number of pyridine rings is 1. The summed E-state index contributed by atoms with van der Waals surface area (Å²) in [7, 11) is 1.68. The highest BCUT2D eigenvalue weighted by atomic mass is 16.5. The van der Waals surface area contributed by atoms with Gasteiger partial charge in [-0.3, -0.25) is 0 Å². The van der Waals surface area contributed by atoms with Gasteiger partial charge in [0.05, 0.1) is 0 Å². The number of aromatic nitrogens is 1. The second kappa shape index (κ2) is 5.02. The third-order valence-corrected chi connectivity index (χ3v) is 3.63. The van der Waals surface area contributed by atoms with E-state index in [9.17, 15) is 0 Å². The number of anilines is 1. The molecule has 94 valence electrons. The van der Waals surface area contributed by atoms with Gasteiger partial charge < -0.3 is 15.4 Å². The zero-order valence-corrected chi connectivity index (χ0v) is 10.6. The highest BCUT2D eigenvalue weighted by molar-refractivity contribution is 5.41. The minimum absolute atomic E-state index is 0.434. The van der Waals surface area contributed by atoms with Crippen LogP contribution in [0.5, 0.6) is 0 Å². The van der Waals surface area contributed by atoms with Crippen molar-refractivity contribution in [2.75, 3.05) is 31.6 Å². The van der Waals surface area contributed by atoms with Crippen molar-refractivity contribution in [2.24, 2.45) is 5.73 Å². The molecule has 0 bridgehead atoms. The van der Waals surface area contributed by atoms with E-state index in [4.69, 9.17) is 10.5 Å². The molecule has 17 heavy (non-hydrogen) atoms. The number of nitrogens with zero attached hydrogens (tertiary/aromatic N) is 2. The normalized spacial score (nSPS) is 19.4. The maximum absolute atomic E-state index is 5.75. The van der Waals surface area contributed by atoms with E-state index < -0.39 is 5.60 Å². The molecule has 2 rings (SSSR count). The van der Waals surface area contributed by atoms with Gasteiger partial charge in [-0.15, -0.1) is 0 Å². The molecule has 4 heteroatoms. The van der Waals surface area contributed by atoms with Gasteiger partial charge in [0, 0.05) is 38.5 Å². The maximum atomic E-state index is 5.75. The molecule has 0 saturated carbocycles. The van der Waals surface area contributed by atoms with Gasteiger partial charge in [0.2, 0.25) is 0 Å². The first-order valence-electron chi connectivity index (χ1n) is 6.16. The molecule has 1 aromatic heterocycles. The lowest BCUT2D eigenvalue weighted by atomic mass is 9.98. The summed E-state index contributed by atoms with van der Waals surface area (Å²) in [5.41, 5.74) is 6.35. The van der Waals surface area contributed by atoms with Crippen molar-refractivity contribution < 1.29 is 4.74 Å². The van der Waals surface area contributed by atoms with Crippen LogP contribution in [-0.2, 0) is 10.3 Å². The van der Waals surface area contributed by atoms with E-state index in [2.05, 4.69) is 22.0 Å². The summed E-state index contributed by atoms with van der Waals surface area (Å²) in [5, 5.41) is 0. The molecule has 1 fully saturated rings. The predicted octanol–water partition coefficient (Wildman–Crippen LogP) is 1.50. The van der Waals surface area contributed by atoms with E-state index in [-0.39, 0.29) is 0 Å². The summed E-state index contributed by atoms with van der Waals surface area (Å²) in [4.78, 5) is 6.83. The van der Waals surface area contributed by atoms with Crippen LogP contribution in [0.25, 0.3) is 0 Å². The van der Waals surface area contributed by atoms with Gasteiger partial charge in [-0.25, -0.2) is 4.98 Å². The molecule has 1 aliphatic heterocycles. The van der Waals surface area contributed by atoms with Crippen molar-refractivity contribution in [2.45, 2.75) is 25.4 Å². The van der Waals surface area contributed by atoms with Gasteiger partial charge >= 0.3 is 0 Å². The number of hydrogen-bond acceptors (Lipinski definition) is 4. The Labute approximate surface area is 103 Å². The first-order valence-corrected chi connectivity index (χ1v) is 6.16. The van der Waals surface area contributed by atoms with Crippen LogP contribution in [0.15, 0.2) is 18.3 Å². The maximum Gasteiger partial charge on any atom is 0.128 e. The average molecular weight is 235 g/mol. The van der Waals surface area contributed by atoms with E-state index in [1.54, 1.807) is 7.11 Å². The first kappa shape index (κ1) is 12.3. The molecule has 1 unspecified atom stereocenters. The van der Waals surface area contributed by atoms with E-state index in [0.29, 0.717) is 6.54 Å². The molecule has 0 aromatic carbocycles. The lowest BCUT2D eigenvalue weighted by Gasteiger charge is -2.27. The monoisotopic (exact) mass is 235 g/mol. The van der Waals surface area contributed by atoms with Crippen molar-refractivity contribution in [3.8, 4) is 0 Å². The molecule has 2 N–H and O–H groups in total. The Balaban J connectivity index is 2.17. The van der Waals surface area contributed by atoms with Crippen LogP contribution >= 0.6 is 0 Å². The zero-order valence-electron chi connectivity index (χ0n) is 10.6. The van der Waals surface area contributed by atoms with Crippen LogP contribution < -0.4 is 10.6 Å². The summed E-state index contributed by atoms with van der Waals surface area (Å²) in [6.07, 6.45) is 4.41. The van der Waals surface area contributed by atoms with Crippen LogP contribution in [0.2, 0.25) is 0 Å². The fraction of sp³-hybridized carbons (Fsp3) is 0.615. The zero-order chi connectivity index (χ0) is 12.3. The topological polar surface area (TPSA) is 51.4 Å². The molecular weight excluding hydrogens is 214 g/mol. The molecule has 1 aromatic rings. The number of nitrogens with two attached hydrogens (primary N) is 1. The molecular formula is C13H21N3O. The Hall–Kier alpha value is -1.13. The standard InChI is InChI=1S/C13H21N3O/c1-13(10-14,17-2)11-5-6-12(15-9-11)16-7-3-4-8-16/h5-6,9H,3-4,7-8,10,14H2,1-2H3. The quantitative estimate of drug-likeness (QED) is 0.859. The number of ether oxygens (including phenoxy) is 1. The lowest BCUT2D eigenvalue weighted by Crippen LogP contribution is -2.34. The number of rotatable bonds is 4. The van der Waals surface area contributed by atoms with Crippen molar-refractivity contribution in [3.05, 3.63) is 23.9 Å². The van der Waals surface area contributed by atoms with Crippen LogP contribution in [0.3, 0.4) is 0 Å². The van der Waals surface area contributed by atoms with E-state index in [0.717, 1.165) is 24.5 Å². The molecule has 4 nitrogen and oxygen atoms in total. The Morgan fingerprint density at radius 2 is 2.12 bits per heavy atom. The number of methoxy groups -OCH3 is 1. The summed E-state index contributed by atoms with van der Waals surface area (Å²) in [6.45, 7) is 4.67. The molecule has 1 saturated heterocycles. The smallest absolute Gasteiger partial charge is 0.128 e. The second-order valence-electron chi connectivity index (χ2n) is 4.74. The Morgan fingerprint density at radius 3 is 2.59 bits per heavy atom. The van der Waals surface area contributed by atoms with Gasteiger partial charge in [0.15, 0.2) is 0 Å². The molecule has 2 heterocycles. The fourth-order valence-electron chi connectivity index (χ4n) is 2.15. The van der Waals surface area contributed by atoms with E-state index >= 15 is 0 Å². The van der Waals surface area contributed by atoms with Crippen molar-refractivity contribution in [3.63, 3.8) is 0 Å². The SMILES string of the molecule is COC(C)(CN)c1ccc(N2CCCC2)nc1. The van der Waals surface area contributed by atoms with Crippen LogP contribution in [0.4, 0.5) is 5.82 Å². The van der Waals surface area contributed by atoms with Crippen molar-refractivity contribution in [1.82, 2.24) is 4.98 Å². The largest absolute Gasteiger partial charge is 0.372 e. The van der Waals surface area contributed by atoms with Crippen LogP contribution in [0.1, 0.15) is 25.3 Å². The van der Waals surface area contributed by atoms with Gasteiger partial charge in [-0.05, 0) is 25.8 Å². The molecule has 0 amide bonds. The highest BCUT2D eigenvalue weighted by Crippen LogP contribution is 2.25. The van der Waals surface area contributed by atoms with Gasteiger partial charge in [0.1, 0.15) is 11.4 Å². The first-order chi connectivity index (χ1) is 8.19. The molecule has 0 aliphatic carbocycles. The minimum Gasteiger partial charge on any atom is -0.372 e. The molecule has 1 aliphatic rings. The average Bonchev–Trinajstić information content (AvgIpc) is 2.92. The molecule has 0 radical (unpaired) electrons. The van der Waals surface area contributed by atoms with Crippen LogP contribution in [0, 0.1) is 0 Å². The predicted molar refractivity (Wildman–Crippen MR) is 69.1 cm³/mol. The summed E-state index contributed by atoms with van der Waals surface area (Å²) in [6, 6.07) is 4.13. The molecule has 0 spiro atoms. The second-order valence-corrected chi connectivity index (χ2v) is 4.74. The van der Waals surface area contributed by atoms with Gasteiger partial charge in [0.25, 0.3) is 0 Å². The number of hydrogen-bond donors (Lipinski definition) is 1. The summed E-state index contributed by atoms with van der Waals surface area (Å²) in [5.74, 6) is 1.06. The summed E-state index contributed by atoms with van der Waals surface area (Å²) < 4.78 is 5.46. The van der Waals surface area contributed by atoms with Crippen molar-refractivity contribution in [1.29, 1.82) is 0 Å². The van der Waals surface area contributed by atoms with Crippen LogP contribution in [-0.4, -0.2) is 31.7 Å². The lowest BCUT2D eigenvalue weighted by molar-refractivity contribution is 0.00981. The fourth-order valence-corrected chi connectivity index (χ4v) is 2.15. The van der Waals surface area contributed by atoms with Gasteiger partial charge in [-0.1, -0.05) is 6.07 Å².